The van der Waals surface area contributed by atoms with Crippen LogP contribution in [0.1, 0.15) is 19.0 Å². The van der Waals surface area contributed by atoms with E-state index in [4.69, 9.17) is 9.84 Å². The molecule has 0 spiro atoms. The van der Waals surface area contributed by atoms with Crippen LogP contribution in [0.3, 0.4) is 0 Å². The Labute approximate surface area is 82.3 Å². The summed E-state index contributed by atoms with van der Waals surface area (Å²) >= 11 is 0. The molecule has 1 aromatic rings. The SMILES string of the molecule is CCCn1cncc1COCC(=O)O. The van der Waals surface area contributed by atoms with E-state index in [1.54, 1.807) is 12.5 Å². The highest BCUT2D eigenvalue weighted by molar-refractivity contribution is 5.67. The number of rotatable bonds is 6. The number of ether oxygens (including phenoxy) is 1. The highest BCUT2D eigenvalue weighted by atomic mass is 16.5. The molecule has 0 saturated heterocycles. The maximum Gasteiger partial charge on any atom is 0.329 e. The number of hydrogen-bond donors (Lipinski definition) is 1. The Hall–Kier alpha value is -1.36. The molecule has 0 unspecified atom stereocenters. The van der Waals surface area contributed by atoms with Gasteiger partial charge in [-0.05, 0) is 6.42 Å². The van der Waals surface area contributed by atoms with Gasteiger partial charge >= 0.3 is 5.97 Å². The van der Waals surface area contributed by atoms with Gasteiger partial charge in [0, 0.05) is 6.54 Å². The molecule has 0 amide bonds. The molecule has 0 radical (unpaired) electrons. The Morgan fingerprint density at radius 1 is 1.71 bits per heavy atom. The van der Waals surface area contributed by atoms with Gasteiger partial charge in [0.2, 0.25) is 0 Å². The van der Waals surface area contributed by atoms with Gasteiger partial charge in [-0.25, -0.2) is 9.78 Å². The summed E-state index contributed by atoms with van der Waals surface area (Å²) in [6.07, 6.45) is 4.43. The van der Waals surface area contributed by atoms with Gasteiger partial charge in [-0.15, -0.1) is 0 Å². The van der Waals surface area contributed by atoms with Gasteiger partial charge in [-0.3, -0.25) is 0 Å². The summed E-state index contributed by atoms with van der Waals surface area (Å²) in [5, 5.41) is 8.37. The first kappa shape index (κ1) is 10.7. The van der Waals surface area contributed by atoms with E-state index in [0.29, 0.717) is 6.61 Å². The second-order valence-electron chi connectivity index (χ2n) is 2.96. The number of imidazole rings is 1. The largest absolute Gasteiger partial charge is 0.480 e. The molecule has 78 valence electrons. The van der Waals surface area contributed by atoms with E-state index < -0.39 is 5.97 Å². The Balaban J connectivity index is 2.41. The monoisotopic (exact) mass is 198 g/mol. The second kappa shape index (κ2) is 5.39. The molecule has 0 aromatic carbocycles. The number of aryl methyl sites for hydroxylation is 1. The first-order valence-corrected chi connectivity index (χ1v) is 4.52. The number of aliphatic carboxylic acids is 1. The Kier molecular flexibility index (Phi) is 4.12. The van der Waals surface area contributed by atoms with E-state index in [0.717, 1.165) is 18.7 Å². The number of nitrogens with zero attached hydrogens (tertiary/aromatic N) is 2. The molecule has 1 N–H and O–H groups in total. The lowest BCUT2D eigenvalue weighted by Crippen LogP contribution is -2.09. The van der Waals surface area contributed by atoms with Gasteiger partial charge in [0.15, 0.2) is 0 Å². The minimum atomic E-state index is -0.952. The van der Waals surface area contributed by atoms with Crippen LogP contribution >= 0.6 is 0 Å². The van der Waals surface area contributed by atoms with Crippen molar-refractivity contribution >= 4 is 5.97 Å². The minimum absolute atomic E-state index is 0.267. The Bertz CT molecular complexity index is 296. The van der Waals surface area contributed by atoms with E-state index in [9.17, 15) is 4.79 Å². The average molecular weight is 198 g/mol. The lowest BCUT2D eigenvalue weighted by atomic mass is 10.4. The van der Waals surface area contributed by atoms with Crippen molar-refractivity contribution in [3.8, 4) is 0 Å². The standard InChI is InChI=1S/C9H14N2O3/c1-2-3-11-7-10-4-8(11)5-14-6-9(12)13/h4,7H,2-3,5-6H2,1H3,(H,12,13). The summed E-state index contributed by atoms with van der Waals surface area (Å²) in [6.45, 7) is 2.98. The highest BCUT2D eigenvalue weighted by Crippen LogP contribution is 2.02. The zero-order valence-electron chi connectivity index (χ0n) is 8.14. The summed E-state index contributed by atoms with van der Waals surface area (Å²) in [6, 6.07) is 0. The third kappa shape index (κ3) is 3.18. The molecular weight excluding hydrogens is 184 g/mol. The van der Waals surface area contributed by atoms with Crippen LogP contribution in [0.25, 0.3) is 0 Å². The van der Waals surface area contributed by atoms with Gasteiger partial charge in [0.25, 0.3) is 0 Å². The predicted molar refractivity (Wildman–Crippen MR) is 49.8 cm³/mol. The fourth-order valence-electron chi connectivity index (χ4n) is 1.15. The lowest BCUT2D eigenvalue weighted by molar-refractivity contribution is -0.142. The molecule has 5 heteroatoms. The average Bonchev–Trinajstić information content (AvgIpc) is 2.53. The predicted octanol–water partition coefficient (Wildman–Crippen LogP) is 0.894. The zero-order valence-corrected chi connectivity index (χ0v) is 8.14. The van der Waals surface area contributed by atoms with Crippen LogP contribution < -0.4 is 0 Å². The highest BCUT2D eigenvalue weighted by Gasteiger charge is 2.02. The molecule has 0 saturated carbocycles. The molecule has 0 bridgehead atoms. The molecule has 1 heterocycles. The smallest absolute Gasteiger partial charge is 0.329 e. The van der Waals surface area contributed by atoms with Crippen LogP contribution in [0.2, 0.25) is 0 Å². The Morgan fingerprint density at radius 3 is 3.14 bits per heavy atom. The minimum Gasteiger partial charge on any atom is -0.480 e. The molecular formula is C9H14N2O3. The van der Waals surface area contributed by atoms with Crippen molar-refractivity contribution in [1.29, 1.82) is 0 Å². The van der Waals surface area contributed by atoms with Crippen LogP contribution in [-0.4, -0.2) is 27.2 Å². The fraction of sp³-hybridized carbons (Fsp3) is 0.556. The molecule has 1 rings (SSSR count). The van der Waals surface area contributed by atoms with Gasteiger partial charge in [-0.2, -0.15) is 0 Å². The molecule has 0 aliphatic rings. The van der Waals surface area contributed by atoms with Crippen LogP contribution in [0.5, 0.6) is 0 Å². The third-order valence-electron chi connectivity index (χ3n) is 1.74. The van der Waals surface area contributed by atoms with Crippen molar-refractivity contribution in [1.82, 2.24) is 9.55 Å². The van der Waals surface area contributed by atoms with Gasteiger partial charge < -0.3 is 14.4 Å². The summed E-state index contributed by atoms with van der Waals surface area (Å²) < 4.78 is 6.93. The number of hydrogen-bond acceptors (Lipinski definition) is 3. The van der Waals surface area contributed by atoms with E-state index in [1.165, 1.54) is 0 Å². The molecule has 0 aliphatic carbocycles. The lowest BCUT2D eigenvalue weighted by Gasteiger charge is -2.05. The van der Waals surface area contributed by atoms with Crippen molar-refractivity contribution in [2.75, 3.05) is 6.61 Å². The van der Waals surface area contributed by atoms with Crippen molar-refractivity contribution in [3.05, 3.63) is 18.2 Å². The number of carboxylic acids is 1. The van der Waals surface area contributed by atoms with Crippen molar-refractivity contribution < 1.29 is 14.6 Å². The zero-order chi connectivity index (χ0) is 10.4. The van der Waals surface area contributed by atoms with Crippen LogP contribution in [0.4, 0.5) is 0 Å². The fourth-order valence-corrected chi connectivity index (χ4v) is 1.15. The maximum absolute atomic E-state index is 10.2. The quantitative estimate of drug-likeness (QED) is 0.737. The van der Waals surface area contributed by atoms with Gasteiger partial charge in [-0.1, -0.05) is 6.92 Å². The normalized spacial score (nSPS) is 10.4. The number of carbonyl (C=O) groups is 1. The molecule has 1 aromatic heterocycles. The third-order valence-corrected chi connectivity index (χ3v) is 1.74. The second-order valence-corrected chi connectivity index (χ2v) is 2.96. The van der Waals surface area contributed by atoms with Crippen LogP contribution in [0, 0.1) is 0 Å². The summed E-state index contributed by atoms with van der Waals surface area (Å²) in [7, 11) is 0. The molecule has 0 aliphatic heterocycles. The van der Waals surface area contributed by atoms with Crippen molar-refractivity contribution in [2.45, 2.75) is 26.5 Å². The number of carboxylic acid groups (broad SMARTS) is 1. The summed E-state index contributed by atoms with van der Waals surface area (Å²) in [5.74, 6) is -0.952. The Morgan fingerprint density at radius 2 is 2.50 bits per heavy atom. The number of aromatic nitrogens is 2. The topological polar surface area (TPSA) is 64.4 Å². The summed E-state index contributed by atoms with van der Waals surface area (Å²) in [5.41, 5.74) is 0.910. The van der Waals surface area contributed by atoms with E-state index >= 15 is 0 Å². The van der Waals surface area contributed by atoms with Crippen LogP contribution in [0.15, 0.2) is 12.5 Å². The first-order chi connectivity index (χ1) is 6.74. The van der Waals surface area contributed by atoms with Crippen molar-refractivity contribution in [2.24, 2.45) is 0 Å². The van der Waals surface area contributed by atoms with E-state index in [1.807, 2.05) is 4.57 Å². The molecule has 0 fully saturated rings. The molecule has 14 heavy (non-hydrogen) atoms. The van der Waals surface area contributed by atoms with E-state index in [2.05, 4.69) is 11.9 Å². The van der Waals surface area contributed by atoms with Gasteiger partial charge in [0.05, 0.1) is 24.8 Å². The molecule has 5 nitrogen and oxygen atoms in total. The van der Waals surface area contributed by atoms with E-state index in [-0.39, 0.29) is 6.61 Å². The molecule has 0 atom stereocenters. The summed E-state index contributed by atoms with van der Waals surface area (Å²) in [4.78, 5) is 14.2. The maximum atomic E-state index is 10.2. The van der Waals surface area contributed by atoms with Crippen LogP contribution in [-0.2, 0) is 22.7 Å². The van der Waals surface area contributed by atoms with Gasteiger partial charge in [0.1, 0.15) is 6.61 Å². The van der Waals surface area contributed by atoms with Crippen molar-refractivity contribution in [3.63, 3.8) is 0 Å². The first-order valence-electron chi connectivity index (χ1n) is 4.52.